The van der Waals surface area contributed by atoms with Crippen LogP contribution in [0.25, 0.3) is 10.9 Å². The Labute approximate surface area is 99.2 Å². The predicted octanol–water partition coefficient (Wildman–Crippen LogP) is 3.22. The topological polar surface area (TPSA) is 36.0 Å². The second kappa shape index (κ2) is 3.70. The van der Waals surface area contributed by atoms with Gasteiger partial charge in [-0.15, -0.1) is 11.6 Å². The van der Waals surface area contributed by atoms with E-state index in [0.29, 0.717) is 11.7 Å². The minimum absolute atomic E-state index is 0.335. The van der Waals surface area contributed by atoms with Crippen molar-refractivity contribution in [1.82, 2.24) is 4.98 Å². The number of fused-ring (bicyclic) bond motifs is 3. The number of aryl methyl sites for hydroxylation is 1. The fraction of sp³-hybridized carbons (Fsp3) is 0.385. The van der Waals surface area contributed by atoms with Crippen LogP contribution in [0, 0.1) is 5.92 Å². The summed E-state index contributed by atoms with van der Waals surface area (Å²) in [6.45, 7) is 0. The van der Waals surface area contributed by atoms with E-state index in [2.05, 4.69) is 4.98 Å². The Kier molecular flexibility index (Phi) is 2.32. The Hall–Kier alpha value is -1.15. The van der Waals surface area contributed by atoms with E-state index in [4.69, 9.17) is 11.6 Å². The lowest BCUT2D eigenvalue weighted by Crippen LogP contribution is -2.14. The van der Waals surface area contributed by atoms with Gasteiger partial charge in [0, 0.05) is 22.5 Å². The molecule has 0 saturated heterocycles. The van der Waals surface area contributed by atoms with E-state index < -0.39 is 0 Å². The number of aromatic hydroxyl groups is 1. The fourth-order valence-electron chi connectivity index (χ4n) is 2.61. The standard InChI is InChI=1S/C13H14ClNO/c14-7-8-1-3-12-10(5-8)11-6-9(16)2-4-13(11)15-12/h2,4,6,8,15-16H,1,3,5,7H2. The second-order valence-electron chi connectivity index (χ2n) is 4.58. The number of phenolic OH excluding ortho intramolecular Hbond substituents is 1. The monoisotopic (exact) mass is 235 g/mol. The van der Waals surface area contributed by atoms with Crippen molar-refractivity contribution in [2.24, 2.45) is 5.92 Å². The Balaban J connectivity index is 2.15. The van der Waals surface area contributed by atoms with E-state index in [1.165, 1.54) is 11.3 Å². The highest BCUT2D eigenvalue weighted by Crippen LogP contribution is 2.33. The first-order valence-electron chi connectivity index (χ1n) is 5.66. The lowest BCUT2D eigenvalue weighted by atomic mass is 9.87. The van der Waals surface area contributed by atoms with Crippen LogP contribution in [-0.4, -0.2) is 16.0 Å². The molecule has 2 N–H and O–H groups in total. The number of rotatable bonds is 1. The van der Waals surface area contributed by atoms with Crippen molar-refractivity contribution in [3.05, 3.63) is 29.5 Å². The predicted molar refractivity (Wildman–Crippen MR) is 66.2 cm³/mol. The molecule has 0 bridgehead atoms. The zero-order chi connectivity index (χ0) is 11.1. The van der Waals surface area contributed by atoms with Crippen molar-refractivity contribution in [2.45, 2.75) is 19.3 Å². The smallest absolute Gasteiger partial charge is 0.116 e. The molecule has 1 aromatic carbocycles. The SMILES string of the molecule is Oc1ccc2[nH]c3c(c2c1)CC(CCl)CC3. The van der Waals surface area contributed by atoms with Crippen LogP contribution in [0.1, 0.15) is 17.7 Å². The van der Waals surface area contributed by atoms with Gasteiger partial charge >= 0.3 is 0 Å². The van der Waals surface area contributed by atoms with Crippen LogP contribution in [0.15, 0.2) is 18.2 Å². The molecule has 0 amide bonds. The normalized spacial score (nSPS) is 19.9. The lowest BCUT2D eigenvalue weighted by molar-refractivity contribution is 0.476. The van der Waals surface area contributed by atoms with Crippen LogP contribution in [0.5, 0.6) is 5.75 Å². The van der Waals surface area contributed by atoms with Gasteiger partial charge in [0.1, 0.15) is 5.75 Å². The number of halogens is 1. The summed E-state index contributed by atoms with van der Waals surface area (Å²) in [6.07, 6.45) is 3.26. The molecule has 0 saturated carbocycles. The van der Waals surface area contributed by atoms with Gasteiger partial charge in [-0.25, -0.2) is 0 Å². The Morgan fingerprint density at radius 3 is 3.12 bits per heavy atom. The minimum atomic E-state index is 0.335. The third kappa shape index (κ3) is 1.49. The molecule has 1 aromatic heterocycles. The molecule has 1 heterocycles. The van der Waals surface area contributed by atoms with E-state index in [0.717, 1.165) is 36.0 Å². The molecule has 1 unspecified atom stereocenters. The van der Waals surface area contributed by atoms with E-state index >= 15 is 0 Å². The molecule has 2 nitrogen and oxygen atoms in total. The number of aromatic amines is 1. The first-order valence-corrected chi connectivity index (χ1v) is 6.20. The van der Waals surface area contributed by atoms with Gasteiger partial charge in [-0.05, 0) is 48.9 Å². The molecule has 0 fully saturated rings. The average Bonchev–Trinajstić information content (AvgIpc) is 2.66. The van der Waals surface area contributed by atoms with Crippen LogP contribution in [-0.2, 0) is 12.8 Å². The number of phenols is 1. The van der Waals surface area contributed by atoms with Gasteiger partial charge in [0.2, 0.25) is 0 Å². The van der Waals surface area contributed by atoms with Crippen molar-refractivity contribution >= 4 is 22.5 Å². The fourth-order valence-corrected chi connectivity index (χ4v) is 2.87. The number of benzene rings is 1. The third-order valence-electron chi connectivity index (χ3n) is 3.49. The maximum absolute atomic E-state index is 9.53. The number of hydrogen-bond acceptors (Lipinski definition) is 1. The van der Waals surface area contributed by atoms with Crippen LogP contribution < -0.4 is 0 Å². The molecule has 1 aliphatic carbocycles. The van der Waals surface area contributed by atoms with Gasteiger partial charge in [0.15, 0.2) is 0 Å². The van der Waals surface area contributed by atoms with Crippen molar-refractivity contribution < 1.29 is 5.11 Å². The van der Waals surface area contributed by atoms with Crippen LogP contribution in [0.3, 0.4) is 0 Å². The zero-order valence-electron chi connectivity index (χ0n) is 8.96. The molecule has 16 heavy (non-hydrogen) atoms. The molecule has 2 aromatic rings. The molecule has 3 rings (SSSR count). The summed E-state index contributed by atoms with van der Waals surface area (Å²) in [4.78, 5) is 3.43. The number of hydrogen-bond donors (Lipinski definition) is 2. The Morgan fingerprint density at radius 2 is 2.31 bits per heavy atom. The molecular formula is C13H14ClNO. The van der Waals surface area contributed by atoms with Crippen LogP contribution in [0.2, 0.25) is 0 Å². The number of H-pyrrole nitrogens is 1. The first-order chi connectivity index (χ1) is 7.78. The van der Waals surface area contributed by atoms with Crippen molar-refractivity contribution in [3.8, 4) is 5.75 Å². The van der Waals surface area contributed by atoms with Crippen molar-refractivity contribution in [3.63, 3.8) is 0 Å². The van der Waals surface area contributed by atoms with E-state index in [9.17, 15) is 5.11 Å². The maximum atomic E-state index is 9.53. The molecule has 1 atom stereocenters. The van der Waals surface area contributed by atoms with Crippen LogP contribution >= 0.6 is 11.6 Å². The summed E-state index contributed by atoms with van der Waals surface area (Å²) >= 11 is 5.94. The van der Waals surface area contributed by atoms with E-state index in [1.54, 1.807) is 6.07 Å². The third-order valence-corrected chi connectivity index (χ3v) is 3.93. The second-order valence-corrected chi connectivity index (χ2v) is 4.88. The van der Waals surface area contributed by atoms with Gasteiger partial charge in [0.25, 0.3) is 0 Å². The van der Waals surface area contributed by atoms with Gasteiger partial charge in [-0.2, -0.15) is 0 Å². The average molecular weight is 236 g/mol. The molecular weight excluding hydrogens is 222 g/mol. The summed E-state index contributed by atoms with van der Waals surface area (Å²) in [6, 6.07) is 5.52. The molecule has 0 spiro atoms. The Morgan fingerprint density at radius 1 is 1.44 bits per heavy atom. The largest absolute Gasteiger partial charge is 0.508 e. The quantitative estimate of drug-likeness (QED) is 0.732. The van der Waals surface area contributed by atoms with Crippen molar-refractivity contribution in [1.29, 1.82) is 0 Å². The summed E-state index contributed by atoms with van der Waals surface area (Å²) < 4.78 is 0. The summed E-state index contributed by atoms with van der Waals surface area (Å²) in [7, 11) is 0. The van der Waals surface area contributed by atoms with Crippen LogP contribution in [0.4, 0.5) is 0 Å². The van der Waals surface area contributed by atoms with Gasteiger partial charge < -0.3 is 10.1 Å². The van der Waals surface area contributed by atoms with Crippen molar-refractivity contribution in [2.75, 3.05) is 5.88 Å². The summed E-state index contributed by atoms with van der Waals surface area (Å²) in [5.41, 5.74) is 3.79. The molecule has 1 aliphatic rings. The van der Waals surface area contributed by atoms with E-state index in [1.807, 2.05) is 12.1 Å². The summed E-state index contributed by atoms with van der Waals surface area (Å²) in [5.74, 6) is 1.64. The number of aromatic nitrogens is 1. The summed E-state index contributed by atoms with van der Waals surface area (Å²) in [5, 5.41) is 10.7. The molecule has 0 radical (unpaired) electrons. The molecule has 0 aliphatic heterocycles. The number of alkyl halides is 1. The highest BCUT2D eigenvalue weighted by atomic mass is 35.5. The Bertz CT molecular complexity index is 532. The first kappa shape index (κ1) is 10.0. The van der Waals surface area contributed by atoms with E-state index in [-0.39, 0.29) is 0 Å². The lowest BCUT2D eigenvalue weighted by Gasteiger charge is -2.19. The zero-order valence-corrected chi connectivity index (χ0v) is 9.72. The highest BCUT2D eigenvalue weighted by molar-refractivity contribution is 6.18. The number of nitrogens with one attached hydrogen (secondary N) is 1. The minimum Gasteiger partial charge on any atom is -0.508 e. The van der Waals surface area contributed by atoms with Gasteiger partial charge in [0.05, 0.1) is 0 Å². The van der Waals surface area contributed by atoms with Gasteiger partial charge in [-0.1, -0.05) is 0 Å². The molecule has 84 valence electrons. The highest BCUT2D eigenvalue weighted by Gasteiger charge is 2.21. The maximum Gasteiger partial charge on any atom is 0.116 e. The molecule has 3 heteroatoms. The van der Waals surface area contributed by atoms with Gasteiger partial charge in [-0.3, -0.25) is 0 Å².